The van der Waals surface area contributed by atoms with Gasteiger partial charge >= 0.3 is 5.97 Å². The van der Waals surface area contributed by atoms with E-state index in [1.165, 1.54) is 0 Å². The summed E-state index contributed by atoms with van der Waals surface area (Å²) in [6.07, 6.45) is 1.59. The van der Waals surface area contributed by atoms with Crippen LogP contribution in [0.15, 0.2) is 12.2 Å². The maximum absolute atomic E-state index is 11.5. The van der Waals surface area contributed by atoms with E-state index in [0.717, 1.165) is 12.8 Å². The van der Waals surface area contributed by atoms with Crippen LogP contribution in [0.25, 0.3) is 0 Å². The van der Waals surface area contributed by atoms with E-state index < -0.39 is 5.60 Å². The van der Waals surface area contributed by atoms with Crippen molar-refractivity contribution < 1.29 is 19.0 Å². The summed E-state index contributed by atoms with van der Waals surface area (Å²) in [6.45, 7) is 4.37. The highest BCUT2D eigenvalue weighted by Gasteiger charge is 2.61. The van der Waals surface area contributed by atoms with Crippen molar-refractivity contribution in [3.8, 4) is 0 Å². The fourth-order valence-corrected chi connectivity index (χ4v) is 2.82. The van der Waals surface area contributed by atoms with Gasteiger partial charge in [0.2, 0.25) is 0 Å². The van der Waals surface area contributed by atoms with E-state index in [1.807, 2.05) is 0 Å². The largest absolute Gasteiger partial charge is 0.455 e. The van der Waals surface area contributed by atoms with Crippen LogP contribution in [0.3, 0.4) is 0 Å². The molecule has 0 radical (unpaired) electrons. The van der Waals surface area contributed by atoms with Crippen LogP contribution in [0.5, 0.6) is 0 Å². The summed E-state index contributed by atoms with van der Waals surface area (Å²) < 4.78 is 16.0. The van der Waals surface area contributed by atoms with Gasteiger partial charge in [-0.05, 0) is 12.8 Å². The highest BCUT2D eigenvalue weighted by molar-refractivity contribution is 5.93. The third-order valence-corrected chi connectivity index (χ3v) is 3.54. The second-order valence-electron chi connectivity index (χ2n) is 4.10. The fourth-order valence-electron chi connectivity index (χ4n) is 2.82. The van der Waals surface area contributed by atoms with Crippen molar-refractivity contribution in [3.05, 3.63) is 12.2 Å². The lowest BCUT2D eigenvalue weighted by atomic mass is 9.85. The predicted octanol–water partition coefficient (Wildman–Crippen LogP) is 0.910. The van der Waals surface area contributed by atoms with Crippen LogP contribution in [0.2, 0.25) is 0 Å². The summed E-state index contributed by atoms with van der Waals surface area (Å²) in [7, 11) is 3.26. The maximum atomic E-state index is 11.5. The van der Waals surface area contributed by atoms with Crippen LogP contribution >= 0.6 is 0 Å². The summed E-state index contributed by atoms with van der Waals surface area (Å²) in [5.41, 5.74) is -0.206. The molecule has 2 fully saturated rings. The van der Waals surface area contributed by atoms with Gasteiger partial charge in [-0.3, -0.25) is 0 Å². The van der Waals surface area contributed by atoms with Gasteiger partial charge in [0.05, 0.1) is 12.2 Å². The monoisotopic (exact) mass is 212 g/mol. The molecule has 15 heavy (non-hydrogen) atoms. The normalized spacial score (nSPS) is 39.3. The van der Waals surface area contributed by atoms with Crippen LogP contribution < -0.4 is 0 Å². The van der Waals surface area contributed by atoms with Gasteiger partial charge in [0.1, 0.15) is 11.7 Å². The molecule has 3 atom stereocenters. The molecule has 1 aliphatic heterocycles. The van der Waals surface area contributed by atoms with E-state index in [0.29, 0.717) is 12.2 Å². The molecular formula is C11H16O4. The lowest BCUT2D eigenvalue weighted by Gasteiger charge is -2.31. The molecule has 0 aromatic heterocycles. The van der Waals surface area contributed by atoms with Crippen molar-refractivity contribution in [1.82, 2.24) is 0 Å². The molecule has 0 amide bonds. The summed E-state index contributed by atoms with van der Waals surface area (Å²) in [5.74, 6) is -0.167. The molecule has 84 valence electrons. The summed E-state index contributed by atoms with van der Waals surface area (Å²) in [6, 6.07) is 0. The topological polar surface area (TPSA) is 44.8 Å². The molecule has 0 N–H and O–H groups in total. The average Bonchev–Trinajstić information content (AvgIpc) is 2.68. The molecule has 0 unspecified atom stereocenters. The predicted molar refractivity (Wildman–Crippen MR) is 53.4 cm³/mol. The lowest BCUT2D eigenvalue weighted by molar-refractivity contribution is -0.141. The van der Waals surface area contributed by atoms with Crippen molar-refractivity contribution in [2.24, 2.45) is 5.92 Å². The molecular weight excluding hydrogens is 196 g/mol. The van der Waals surface area contributed by atoms with E-state index in [1.54, 1.807) is 14.2 Å². The number of esters is 1. The number of ether oxygens (including phenoxy) is 3. The second kappa shape index (κ2) is 3.61. The zero-order valence-corrected chi connectivity index (χ0v) is 9.12. The number of fused-ring (bicyclic) bond motifs is 1. The Kier molecular flexibility index (Phi) is 2.56. The van der Waals surface area contributed by atoms with E-state index in [9.17, 15) is 4.79 Å². The Morgan fingerprint density at radius 3 is 2.87 bits per heavy atom. The van der Waals surface area contributed by atoms with Gasteiger partial charge in [-0.2, -0.15) is 0 Å². The number of hydrogen-bond acceptors (Lipinski definition) is 4. The molecule has 1 saturated heterocycles. The van der Waals surface area contributed by atoms with Crippen molar-refractivity contribution >= 4 is 5.97 Å². The maximum Gasteiger partial charge on any atom is 0.336 e. The van der Waals surface area contributed by atoms with Gasteiger partial charge in [-0.15, -0.1) is 0 Å². The smallest absolute Gasteiger partial charge is 0.336 e. The SMILES string of the molecule is C=C1C(=O)O[C@@H]2CC[C@H](COC)[C@]12OC. The zero-order chi connectivity index (χ0) is 11.1. The number of carbonyl (C=O) groups is 1. The van der Waals surface area contributed by atoms with Gasteiger partial charge in [0, 0.05) is 20.1 Å². The molecule has 1 heterocycles. The highest BCUT2D eigenvalue weighted by Crippen LogP contribution is 2.49. The number of rotatable bonds is 3. The Morgan fingerprint density at radius 2 is 2.27 bits per heavy atom. The minimum absolute atomic E-state index is 0.163. The van der Waals surface area contributed by atoms with Gasteiger partial charge in [0.25, 0.3) is 0 Å². The summed E-state index contributed by atoms with van der Waals surface area (Å²) >= 11 is 0. The standard InChI is InChI=1S/C11H16O4/c1-7-10(12)15-9-5-4-8(6-13-2)11(7,9)14-3/h8-9H,1,4-6H2,2-3H3/t8-,9-,11-/m1/s1. The number of carbonyl (C=O) groups excluding carboxylic acids is 1. The van der Waals surface area contributed by atoms with E-state index >= 15 is 0 Å². The first-order valence-corrected chi connectivity index (χ1v) is 5.11. The van der Waals surface area contributed by atoms with E-state index in [-0.39, 0.29) is 18.0 Å². The molecule has 4 nitrogen and oxygen atoms in total. The minimum Gasteiger partial charge on any atom is -0.455 e. The molecule has 0 spiro atoms. The van der Waals surface area contributed by atoms with Crippen LogP contribution in [-0.2, 0) is 19.0 Å². The van der Waals surface area contributed by atoms with Crippen molar-refractivity contribution in [2.45, 2.75) is 24.5 Å². The average molecular weight is 212 g/mol. The van der Waals surface area contributed by atoms with Crippen LogP contribution in [0.4, 0.5) is 0 Å². The molecule has 4 heteroatoms. The second-order valence-corrected chi connectivity index (χ2v) is 4.10. The van der Waals surface area contributed by atoms with Crippen molar-refractivity contribution in [1.29, 1.82) is 0 Å². The molecule has 2 aliphatic rings. The van der Waals surface area contributed by atoms with Gasteiger partial charge in [0.15, 0.2) is 0 Å². The Morgan fingerprint density at radius 1 is 1.53 bits per heavy atom. The lowest BCUT2D eigenvalue weighted by Crippen LogP contribution is -2.44. The fraction of sp³-hybridized carbons (Fsp3) is 0.727. The minimum atomic E-state index is -0.646. The highest BCUT2D eigenvalue weighted by atomic mass is 16.6. The molecule has 1 aliphatic carbocycles. The number of hydrogen-bond donors (Lipinski definition) is 0. The third kappa shape index (κ3) is 1.25. The van der Waals surface area contributed by atoms with Crippen LogP contribution in [0, 0.1) is 5.92 Å². The molecule has 1 saturated carbocycles. The van der Waals surface area contributed by atoms with Gasteiger partial charge < -0.3 is 14.2 Å². The molecule has 2 rings (SSSR count). The van der Waals surface area contributed by atoms with E-state index in [4.69, 9.17) is 14.2 Å². The Hall–Kier alpha value is -0.870. The Balaban J connectivity index is 2.32. The van der Waals surface area contributed by atoms with Crippen molar-refractivity contribution in [3.63, 3.8) is 0 Å². The van der Waals surface area contributed by atoms with Gasteiger partial charge in [-0.1, -0.05) is 6.58 Å². The van der Waals surface area contributed by atoms with Gasteiger partial charge in [-0.25, -0.2) is 4.79 Å². The summed E-state index contributed by atoms with van der Waals surface area (Å²) in [5, 5.41) is 0. The first-order valence-electron chi connectivity index (χ1n) is 5.11. The quantitative estimate of drug-likeness (QED) is 0.515. The molecule has 0 aromatic rings. The van der Waals surface area contributed by atoms with E-state index in [2.05, 4.69) is 6.58 Å². The summed E-state index contributed by atoms with van der Waals surface area (Å²) in [4.78, 5) is 11.5. The van der Waals surface area contributed by atoms with Crippen molar-refractivity contribution in [2.75, 3.05) is 20.8 Å². The Bertz CT molecular complexity index is 297. The molecule has 0 aromatic carbocycles. The molecule has 0 bridgehead atoms. The number of methoxy groups -OCH3 is 2. The van der Waals surface area contributed by atoms with Crippen LogP contribution in [-0.4, -0.2) is 38.5 Å². The third-order valence-electron chi connectivity index (χ3n) is 3.54. The Labute approximate surface area is 89.2 Å². The zero-order valence-electron chi connectivity index (χ0n) is 9.12. The van der Waals surface area contributed by atoms with Crippen LogP contribution in [0.1, 0.15) is 12.8 Å². The first kappa shape index (κ1) is 10.6. The first-order chi connectivity index (χ1) is 7.16.